The fraction of sp³-hybridized carbons (Fsp3) is 0.882. The van der Waals surface area contributed by atoms with E-state index in [2.05, 4.69) is 15.4 Å². The van der Waals surface area contributed by atoms with Crippen LogP contribution < -0.4 is 10.6 Å². The Balaban J connectivity index is 3.35. The Morgan fingerprint density at radius 1 is 0.465 bits per heavy atom. The van der Waals surface area contributed by atoms with Crippen LogP contribution in [-0.2, 0) is 23.8 Å². The summed E-state index contributed by atoms with van der Waals surface area (Å²) in [6.45, 7) is 12.2. The Bertz CT molecular complexity index is 757. The molecule has 0 unspecified atom stereocenters. The van der Waals surface area contributed by atoms with Crippen molar-refractivity contribution >= 4 is 24.1 Å². The van der Waals surface area contributed by atoms with E-state index in [-0.39, 0.29) is 18.4 Å². The highest BCUT2D eigenvalue weighted by molar-refractivity contribution is 5.81. The molecule has 0 rings (SSSR count). The van der Waals surface area contributed by atoms with Crippen molar-refractivity contribution in [1.29, 1.82) is 0 Å². The van der Waals surface area contributed by atoms with Crippen LogP contribution in [0.3, 0.4) is 0 Å². The van der Waals surface area contributed by atoms with Crippen molar-refractivity contribution in [3.8, 4) is 0 Å². The molecule has 0 aliphatic rings. The summed E-state index contributed by atoms with van der Waals surface area (Å²) in [6, 6.07) is 0. The molecule has 0 aromatic rings. The standard InChI is InChI=1S/C34H64N2O7/c1-33(2,3)42-31(39)36-28-24-20-16-12-7-9-13-17-21-25-29(37)35-27-23-19-15-11-8-10-14-18-22-26-30(38)41-32(40)43-34(4,5)6/h7-28H2,1-6H3,(H,35,37)(H,36,39). The number of amides is 2. The van der Waals surface area contributed by atoms with Gasteiger partial charge < -0.3 is 24.8 Å². The Morgan fingerprint density at radius 2 is 0.837 bits per heavy atom. The highest BCUT2D eigenvalue weighted by Crippen LogP contribution is 2.13. The van der Waals surface area contributed by atoms with E-state index in [4.69, 9.17) is 9.47 Å². The minimum Gasteiger partial charge on any atom is -0.444 e. The van der Waals surface area contributed by atoms with Gasteiger partial charge in [0.05, 0.1) is 0 Å². The van der Waals surface area contributed by atoms with Gasteiger partial charge in [-0.25, -0.2) is 9.59 Å². The Morgan fingerprint density at radius 3 is 1.28 bits per heavy atom. The van der Waals surface area contributed by atoms with Gasteiger partial charge in [-0.05, 0) is 67.2 Å². The number of unbranched alkanes of at least 4 members (excludes halogenated alkanes) is 16. The molecule has 2 amide bonds. The second kappa shape index (κ2) is 25.1. The van der Waals surface area contributed by atoms with Gasteiger partial charge in [0.15, 0.2) is 0 Å². The first-order valence-electron chi connectivity index (χ1n) is 17.0. The molecule has 0 aliphatic heterocycles. The van der Waals surface area contributed by atoms with Gasteiger partial charge in [0, 0.05) is 25.9 Å². The molecule has 252 valence electrons. The third-order valence-corrected chi connectivity index (χ3v) is 6.72. The molecule has 9 nitrogen and oxygen atoms in total. The van der Waals surface area contributed by atoms with Crippen LogP contribution in [0.5, 0.6) is 0 Å². The topological polar surface area (TPSA) is 120 Å². The molecule has 0 atom stereocenters. The Labute approximate surface area is 262 Å². The maximum Gasteiger partial charge on any atom is 0.516 e. The van der Waals surface area contributed by atoms with Gasteiger partial charge in [0.1, 0.15) is 11.2 Å². The average Bonchev–Trinajstić information content (AvgIpc) is 2.87. The monoisotopic (exact) mass is 612 g/mol. The van der Waals surface area contributed by atoms with Crippen LogP contribution in [-0.4, -0.2) is 48.4 Å². The third kappa shape index (κ3) is 32.4. The molecular weight excluding hydrogens is 548 g/mol. The molecule has 43 heavy (non-hydrogen) atoms. The van der Waals surface area contributed by atoms with Crippen LogP contribution in [0, 0.1) is 0 Å². The smallest absolute Gasteiger partial charge is 0.444 e. The highest BCUT2D eigenvalue weighted by atomic mass is 16.7. The lowest BCUT2D eigenvalue weighted by Crippen LogP contribution is -2.32. The predicted octanol–water partition coefficient (Wildman–Crippen LogP) is 8.91. The Kier molecular flexibility index (Phi) is 23.7. The third-order valence-electron chi connectivity index (χ3n) is 6.72. The number of esters is 1. The number of nitrogens with one attached hydrogen (secondary N) is 2. The fourth-order valence-corrected chi connectivity index (χ4v) is 4.52. The van der Waals surface area contributed by atoms with Crippen molar-refractivity contribution in [2.75, 3.05) is 13.1 Å². The predicted molar refractivity (Wildman–Crippen MR) is 172 cm³/mol. The quantitative estimate of drug-likeness (QED) is 0.0634. The number of ether oxygens (including phenoxy) is 3. The van der Waals surface area contributed by atoms with E-state index in [0.717, 1.165) is 70.8 Å². The van der Waals surface area contributed by atoms with E-state index in [1.54, 1.807) is 20.8 Å². The average molecular weight is 613 g/mol. The molecule has 0 saturated carbocycles. The normalized spacial score (nSPS) is 11.6. The Hall–Kier alpha value is -2.32. The molecule has 2 N–H and O–H groups in total. The lowest BCUT2D eigenvalue weighted by atomic mass is 10.1. The summed E-state index contributed by atoms with van der Waals surface area (Å²) < 4.78 is 14.9. The van der Waals surface area contributed by atoms with Gasteiger partial charge in [-0.2, -0.15) is 0 Å². The zero-order valence-electron chi connectivity index (χ0n) is 28.4. The fourth-order valence-electron chi connectivity index (χ4n) is 4.52. The van der Waals surface area contributed by atoms with Crippen molar-refractivity contribution in [1.82, 2.24) is 10.6 Å². The molecule has 0 aromatic carbocycles. The van der Waals surface area contributed by atoms with E-state index in [9.17, 15) is 19.2 Å². The molecule has 9 heteroatoms. The van der Waals surface area contributed by atoms with E-state index < -0.39 is 23.3 Å². The molecular formula is C34H64N2O7. The van der Waals surface area contributed by atoms with Crippen LogP contribution in [0.1, 0.15) is 170 Å². The van der Waals surface area contributed by atoms with Gasteiger partial charge in [0.25, 0.3) is 0 Å². The minimum atomic E-state index is -0.925. The van der Waals surface area contributed by atoms with Crippen molar-refractivity contribution in [3.05, 3.63) is 0 Å². The zero-order chi connectivity index (χ0) is 32.4. The summed E-state index contributed by atoms with van der Waals surface area (Å²) in [5, 5.41) is 5.86. The number of hydrogen-bond donors (Lipinski definition) is 2. The molecule has 0 radical (unpaired) electrons. The van der Waals surface area contributed by atoms with E-state index >= 15 is 0 Å². The van der Waals surface area contributed by atoms with Gasteiger partial charge in [0.2, 0.25) is 5.91 Å². The highest BCUT2D eigenvalue weighted by Gasteiger charge is 2.20. The summed E-state index contributed by atoms with van der Waals surface area (Å²) in [5.41, 5.74) is -1.11. The van der Waals surface area contributed by atoms with Gasteiger partial charge in [-0.3, -0.25) is 9.59 Å². The van der Waals surface area contributed by atoms with Crippen LogP contribution in [0.15, 0.2) is 0 Å². The van der Waals surface area contributed by atoms with Crippen molar-refractivity contribution in [2.45, 2.75) is 181 Å². The first-order chi connectivity index (χ1) is 20.3. The van der Waals surface area contributed by atoms with E-state index in [0.29, 0.717) is 13.0 Å². The number of carbonyl (C=O) groups excluding carboxylic acids is 4. The zero-order valence-corrected chi connectivity index (χ0v) is 28.4. The van der Waals surface area contributed by atoms with Gasteiger partial charge in [-0.1, -0.05) is 89.9 Å². The minimum absolute atomic E-state index is 0.176. The number of rotatable bonds is 24. The van der Waals surface area contributed by atoms with Crippen LogP contribution >= 0.6 is 0 Å². The first-order valence-corrected chi connectivity index (χ1v) is 17.0. The SMILES string of the molecule is CC(C)(C)OC(=O)NCCCCCCCCCCCC(=O)NCCCCCCCCCCCC(=O)OC(=O)OC(C)(C)C. The molecule has 0 aliphatic carbocycles. The maximum absolute atomic E-state index is 12.0. The summed E-state index contributed by atoms with van der Waals surface area (Å²) in [5.74, 6) is -0.349. The van der Waals surface area contributed by atoms with E-state index in [1.165, 1.54) is 51.4 Å². The van der Waals surface area contributed by atoms with Crippen molar-refractivity contribution < 1.29 is 33.4 Å². The summed E-state index contributed by atoms with van der Waals surface area (Å²) in [4.78, 5) is 46.7. The van der Waals surface area contributed by atoms with Gasteiger partial charge >= 0.3 is 18.2 Å². The summed E-state index contributed by atoms with van der Waals surface area (Å²) in [6.07, 6.45) is 19.5. The largest absolute Gasteiger partial charge is 0.516 e. The molecule has 0 fully saturated rings. The van der Waals surface area contributed by atoms with Crippen LogP contribution in [0.4, 0.5) is 9.59 Å². The second-order valence-electron chi connectivity index (χ2n) is 13.6. The lowest BCUT2D eigenvalue weighted by molar-refractivity contribution is -0.141. The van der Waals surface area contributed by atoms with E-state index in [1.807, 2.05) is 20.8 Å². The lowest BCUT2D eigenvalue weighted by Gasteiger charge is -2.19. The molecule has 0 saturated heterocycles. The summed E-state index contributed by atoms with van der Waals surface area (Å²) in [7, 11) is 0. The molecule has 0 spiro atoms. The first kappa shape index (κ1) is 40.7. The van der Waals surface area contributed by atoms with Crippen LogP contribution in [0.2, 0.25) is 0 Å². The van der Waals surface area contributed by atoms with Crippen LogP contribution in [0.25, 0.3) is 0 Å². The molecule has 0 bridgehead atoms. The maximum atomic E-state index is 12.0. The number of alkyl carbamates (subject to hydrolysis) is 1. The van der Waals surface area contributed by atoms with Crippen molar-refractivity contribution in [2.24, 2.45) is 0 Å². The number of carbonyl (C=O) groups is 4. The summed E-state index contributed by atoms with van der Waals surface area (Å²) >= 11 is 0. The molecule has 0 heterocycles. The van der Waals surface area contributed by atoms with Crippen molar-refractivity contribution in [3.63, 3.8) is 0 Å². The second-order valence-corrected chi connectivity index (χ2v) is 13.6. The number of hydrogen-bond acceptors (Lipinski definition) is 7. The van der Waals surface area contributed by atoms with Gasteiger partial charge in [-0.15, -0.1) is 0 Å². The molecule has 0 aromatic heterocycles.